The van der Waals surface area contributed by atoms with Crippen LogP contribution in [-0.4, -0.2) is 17.3 Å². The summed E-state index contributed by atoms with van der Waals surface area (Å²) in [5.41, 5.74) is 7.17. The lowest BCUT2D eigenvalue weighted by molar-refractivity contribution is 0.366. The van der Waals surface area contributed by atoms with Gasteiger partial charge in [0.05, 0.1) is 18.8 Å². The summed E-state index contributed by atoms with van der Waals surface area (Å²) < 4.78 is 5.00. The van der Waals surface area contributed by atoms with E-state index in [0.717, 1.165) is 5.69 Å². The van der Waals surface area contributed by atoms with E-state index in [1.54, 1.807) is 7.11 Å². The second-order valence-corrected chi connectivity index (χ2v) is 4.78. The van der Waals surface area contributed by atoms with E-state index in [0.29, 0.717) is 11.8 Å². The van der Waals surface area contributed by atoms with Crippen molar-refractivity contribution in [2.75, 3.05) is 7.11 Å². The van der Waals surface area contributed by atoms with E-state index < -0.39 is 0 Å². The molecule has 1 aromatic heterocycles. The Morgan fingerprint density at radius 2 is 1.88 bits per heavy atom. The molecular formula is C13H21N3O. The highest BCUT2D eigenvalue weighted by Gasteiger charge is 2.22. The van der Waals surface area contributed by atoms with Crippen molar-refractivity contribution < 1.29 is 4.74 Å². The maximum Gasteiger partial charge on any atom is 0.233 e. The fraction of sp³-hybridized carbons (Fsp3) is 0.692. The lowest BCUT2D eigenvalue weighted by Crippen LogP contribution is -2.22. The molecule has 0 spiro atoms. The standard InChI is InChI=1S/C13H21N3O/c1-17-12-9-8-11(15-16-12)13(14)10-6-4-2-3-5-7-10/h8-10,13H,2-7,14H2,1H3. The van der Waals surface area contributed by atoms with Crippen LogP contribution in [0.5, 0.6) is 5.88 Å². The molecule has 4 heteroatoms. The van der Waals surface area contributed by atoms with Crippen molar-refractivity contribution in [3.8, 4) is 5.88 Å². The van der Waals surface area contributed by atoms with Gasteiger partial charge in [-0.2, -0.15) is 5.10 Å². The Morgan fingerprint density at radius 1 is 1.18 bits per heavy atom. The van der Waals surface area contributed by atoms with E-state index in [9.17, 15) is 0 Å². The average molecular weight is 235 g/mol. The van der Waals surface area contributed by atoms with Gasteiger partial charge in [-0.25, -0.2) is 0 Å². The summed E-state index contributed by atoms with van der Waals surface area (Å²) in [6.07, 6.45) is 7.71. The molecule has 4 nitrogen and oxygen atoms in total. The van der Waals surface area contributed by atoms with Gasteiger partial charge in [-0.05, 0) is 24.8 Å². The van der Waals surface area contributed by atoms with Crippen molar-refractivity contribution in [2.24, 2.45) is 11.7 Å². The molecule has 0 amide bonds. The number of nitrogens with two attached hydrogens (primary N) is 1. The van der Waals surface area contributed by atoms with Gasteiger partial charge in [0, 0.05) is 6.07 Å². The predicted molar refractivity (Wildman–Crippen MR) is 66.7 cm³/mol. The third-order valence-corrected chi connectivity index (χ3v) is 3.62. The van der Waals surface area contributed by atoms with Gasteiger partial charge in [0.2, 0.25) is 5.88 Å². The quantitative estimate of drug-likeness (QED) is 0.817. The van der Waals surface area contributed by atoms with Crippen LogP contribution in [0.1, 0.15) is 50.3 Å². The van der Waals surface area contributed by atoms with Crippen LogP contribution in [0.25, 0.3) is 0 Å². The Kier molecular flexibility index (Phi) is 4.31. The zero-order chi connectivity index (χ0) is 12.1. The first-order valence-corrected chi connectivity index (χ1v) is 6.44. The normalized spacial score (nSPS) is 19.6. The van der Waals surface area contributed by atoms with Crippen molar-refractivity contribution in [1.82, 2.24) is 10.2 Å². The van der Waals surface area contributed by atoms with E-state index in [4.69, 9.17) is 10.5 Å². The monoisotopic (exact) mass is 235 g/mol. The van der Waals surface area contributed by atoms with Gasteiger partial charge in [-0.3, -0.25) is 0 Å². The lowest BCUT2D eigenvalue weighted by atomic mass is 9.90. The summed E-state index contributed by atoms with van der Waals surface area (Å²) in [5.74, 6) is 1.10. The SMILES string of the molecule is COc1ccc(C(N)C2CCCCCC2)nn1. The Labute approximate surface area is 103 Å². The first-order valence-electron chi connectivity index (χ1n) is 6.44. The largest absolute Gasteiger partial charge is 0.480 e. The third-order valence-electron chi connectivity index (χ3n) is 3.62. The van der Waals surface area contributed by atoms with Gasteiger partial charge in [-0.15, -0.1) is 5.10 Å². The molecule has 1 atom stereocenters. The smallest absolute Gasteiger partial charge is 0.233 e. The van der Waals surface area contributed by atoms with E-state index in [-0.39, 0.29) is 6.04 Å². The summed E-state index contributed by atoms with van der Waals surface area (Å²) in [6, 6.07) is 3.78. The van der Waals surface area contributed by atoms with Crippen LogP contribution < -0.4 is 10.5 Å². The Morgan fingerprint density at radius 3 is 2.41 bits per heavy atom. The van der Waals surface area contributed by atoms with Crippen LogP contribution in [0, 0.1) is 5.92 Å². The molecule has 1 aromatic rings. The molecule has 0 aliphatic heterocycles. The lowest BCUT2D eigenvalue weighted by Gasteiger charge is -2.21. The molecule has 1 heterocycles. The van der Waals surface area contributed by atoms with Crippen molar-refractivity contribution >= 4 is 0 Å². The summed E-state index contributed by atoms with van der Waals surface area (Å²) in [7, 11) is 1.59. The minimum absolute atomic E-state index is 0.0199. The topological polar surface area (TPSA) is 61.0 Å². The number of hydrogen-bond acceptors (Lipinski definition) is 4. The Bertz CT molecular complexity index is 331. The molecule has 1 unspecified atom stereocenters. The molecular weight excluding hydrogens is 214 g/mol. The average Bonchev–Trinajstić information content (AvgIpc) is 2.67. The molecule has 1 aliphatic rings. The molecule has 2 N–H and O–H groups in total. The first-order chi connectivity index (χ1) is 8.31. The van der Waals surface area contributed by atoms with Crippen LogP contribution >= 0.6 is 0 Å². The number of methoxy groups -OCH3 is 1. The molecule has 1 fully saturated rings. The van der Waals surface area contributed by atoms with E-state index in [2.05, 4.69) is 10.2 Å². The highest BCUT2D eigenvalue weighted by atomic mass is 16.5. The molecule has 0 saturated heterocycles. The van der Waals surface area contributed by atoms with Crippen molar-refractivity contribution in [3.63, 3.8) is 0 Å². The zero-order valence-corrected chi connectivity index (χ0v) is 10.4. The molecule has 2 rings (SSSR count). The Hall–Kier alpha value is -1.16. The number of aromatic nitrogens is 2. The van der Waals surface area contributed by atoms with E-state index >= 15 is 0 Å². The number of hydrogen-bond donors (Lipinski definition) is 1. The summed E-state index contributed by atoms with van der Waals surface area (Å²) in [4.78, 5) is 0. The number of nitrogens with zero attached hydrogens (tertiary/aromatic N) is 2. The first kappa shape index (κ1) is 12.3. The molecule has 94 valence electrons. The van der Waals surface area contributed by atoms with Crippen molar-refractivity contribution in [3.05, 3.63) is 17.8 Å². The van der Waals surface area contributed by atoms with Gasteiger partial charge in [-0.1, -0.05) is 25.7 Å². The van der Waals surface area contributed by atoms with Crippen LogP contribution in [0.3, 0.4) is 0 Å². The van der Waals surface area contributed by atoms with Crippen LogP contribution in [-0.2, 0) is 0 Å². The minimum Gasteiger partial charge on any atom is -0.480 e. The maximum absolute atomic E-state index is 6.29. The van der Waals surface area contributed by atoms with Gasteiger partial charge in [0.15, 0.2) is 0 Å². The number of ether oxygens (including phenoxy) is 1. The van der Waals surface area contributed by atoms with Gasteiger partial charge in [0.1, 0.15) is 0 Å². The molecule has 1 saturated carbocycles. The number of rotatable bonds is 3. The van der Waals surface area contributed by atoms with Crippen LogP contribution in [0.15, 0.2) is 12.1 Å². The summed E-state index contributed by atoms with van der Waals surface area (Å²) >= 11 is 0. The summed E-state index contributed by atoms with van der Waals surface area (Å²) in [5, 5.41) is 8.14. The van der Waals surface area contributed by atoms with Crippen LogP contribution in [0.4, 0.5) is 0 Å². The second kappa shape index (κ2) is 5.96. The van der Waals surface area contributed by atoms with Crippen molar-refractivity contribution in [1.29, 1.82) is 0 Å². The van der Waals surface area contributed by atoms with E-state index in [1.807, 2.05) is 12.1 Å². The fourth-order valence-corrected chi connectivity index (χ4v) is 2.53. The summed E-state index contributed by atoms with van der Waals surface area (Å²) in [6.45, 7) is 0. The van der Waals surface area contributed by atoms with Gasteiger partial charge >= 0.3 is 0 Å². The molecule has 0 bridgehead atoms. The van der Waals surface area contributed by atoms with Crippen LogP contribution in [0.2, 0.25) is 0 Å². The Balaban J connectivity index is 2.03. The molecule has 0 aromatic carbocycles. The van der Waals surface area contributed by atoms with Crippen molar-refractivity contribution in [2.45, 2.75) is 44.6 Å². The van der Waals surface area contributed by atoms with Gasteiger partial charge < -0.3 is 10.5 Å². The highest BCUT2D eigenvalue weighted by molar-refractivity contribution is 5.14. The predicted octanol–water partition coefficient (Wildman–Crippen LogP) is 2.46. The molecule has 17 heavy (non-hydrogen) atoms. The molecule has 1 aliphatic carbocycles. The van der Waals surface area contributed by atoms with E-state index in [1.165, 1.54) is 38.5 Å². The molecule has 0 radical (unpaired) electrons. The third kappa shape index (κ3) is 3.16. The van der Waals surface area contributed by atoms with Gasteiger partial charge in [0.25, 0.3) is 0 Å². The highest BCUT2D eigenvalue weighted by Crippen LogP contribution is 2.31. The zero-order valence-electron chi connectivity index (χ0n) is 10.4. The maximum atomic E-state index is 6.29. The second-order valence-electron chi connectivity index (χ2n) is 4.78. The minimum atomic E-state index is 0.0199. The fourth-order valence-electron chi connectivity index (χ4n) is 2.53.